The summed E-state index contributed by atoms with van der Waals surface area (Å²) in [6.45, 7) is 0. The standard InChI is InChI=1S/C17H15FN2O/c18-14-8-6-13(7-9-14)16-11-20-17(21-16)15(19)10-12-4-2-1-3-5-12/h1-9,11,15H,10,19H2. The number of benzene rings is 2. The van der Waals surface area contributed by atoms with Crippen LogP contribution in [0.15, 0.2) is 65.2 Å². The fraction of sp³-hybridized carbons (Fsp3) is 0.118. The van der Waals surface area contributed by atoms with Crippen LogP contribution in [-0.2, 0) is 6.42 Å². The molecule has 3 rings (SSSR count). The zero-order valence-corrected chi connectivity index (χ0v) is 11.4. The summed E-state index contributed by atoms with van der Waals surface area (Å²) in [6.07, 6.45) is 2.28. The normalized spacial score (nSPS) is 12.3. The molecule has 4 heteroatoms. The van der Waals surface area contributed by atoms with E-state index in [1.54, 1.807) is 18.3 Å². The minimum absolute atomic E-state index is 0.278. The molecule has 1 unspecified atom stereocenters. The molecule has 0 fully saturated rings. The lowest BCUT2D eigenvalue weighted by Crippen LogP contribution is -2.13. The van der Waals surface area contributed by atoms with Gasteiger partial charge in [-0.15, -0.1) is 0 Å². The van der Waals surface area contributed by atoms with E-state index < -0.39 is 0 Å². The van der Waals surface area contributed by atoms with Crippen LogP contribution in [0.3, 0.4) is 0 Å². The van der Waals surface area contributed by atoms with Crippen molar-refractivity contribution in [3.05, 3.63) is 78.1 Å². The van der Waals surface area contributed by atoms with Gasteiger partial charge in [0.15, 0.2) is 5.76 Å². The highest BCUT2D eigenvalue weighted by Gasteiger charge is 2.14. The molecule has 1 heterocycles. The van der Waals surface area contributed by atoms with Gasteiger partial charge in [-0.1, -0.05) is 30.3 Å². The number of halogens is 1. The van der Waals surface area contributed by atoms with Gasteiger partial charge in [-0.25, -0.2) is 9.37 Å². The van der Waals surface area contributed by atoms with Crippen molar-refractivity contribution in [1.82, 2.24) is 4.98 Å². The van der Waals surface area contributed by atoms with Crippen LogP contribution in [0.25, 0.3) is 11.3 Å². The van der Waals surface area contributed by atoms with Gasteiger partial charge >= 0.3 is 0 Å². The lowest BCUT2D eigenvalue weighted by Gasteiger charge is -2.07. The zero-order valence-electron chi connectivity index (χ0n) is 11.4. The maximum atomic E-state index is 12.9. The number of oxazole rings is 1. The monoisotopic (exact) mass is 282 g/mol. The highest BCUT2D eigenvalue weighted by molar-refractivity contribution is 5.55. The minimum atomic E-state index is -0.304. The Kier molecular flexibility index (Phi) is 3.79. The maximum absolute atomic E-state index is 12.9. The molecule has 3 nitrogen and oxygen atoms in total. The summed E-state index contributed by atoms with van der Waals surface area (Å²) in [7, 11) is 0. The third-order valence-corrected chi connectivity index (χ3v) is 3.27. The van der Waals surface area contributed by atoms with Crippen molar-refractivity contribution in [3.8, 4) is 11.3 Å². The predicted molar refractivity (Wildman–Crippen MR) is 79.0 cm³/mol. The predicted octanol–water partition coefficient (Wildman–Crippen LogP) is 3.72. The third kappa shape index (κ3) is 3.17. The van der Waals surface area contributed by atoms with Gasteiger partial charge in [-0.3, -0.25) is 0 Å². The quantitative estimate of drug-likeness (QED) is 0.793. The highest BCUT2D eigenvalue weighted by atomic mass is 19.1. The van der Waals surface area contributed by atoms with Crippen molar-refractivity contribution in [2.75, 3.05) is 0 Å². The Balaban J connectivity index is 1.76. The molecule has 106 valence electrons. The Hall–Kier alpha value is -2.46. The highest BCUT2D eigenvalue weighted by Crippen LogP contribution is 2.24. The Morgan fingerprint density at radius 1 is 1.05 bits per heavy atom. The summed E-state index contributed by atoms with van der Waals surface area (Å²) >= 11 is 0. The van der Waals surface area contributed by atoms with Crippen LogP contribution in [0, 0.1) is 5.82 Å². The lowest BCUT2D eigenvalue weighted by atomic mass is 10.1. The average molecular weight is 282 g/mol. The van der Waals surface area contributed by atoms with E-state index in [9.17, 15) is 4.39 Å². The molecule has 0 spiro atoms. The van der Waals surface area contributed by atoms with E-state index in [1.165, 1.54) is 12.1 Å². The van der Waals surface area contributed by atoms with Crippen molar-refractivity contribution >= 4 is 0 Å². The first-order chi connectivity index (χ1) is 10.2. The first kappa shape index (κ1) is 13.5. The van der Waals surface area contributed by atoms with Crippen molar-refractivity contribution in [2.24, 2.45) is 5.73 Å². The van der Waals surface area contributed by atoms with Crippen molar-refractivity contribution in [1.29, 1.82) is 0 Å². The Morgan fingerprint density at radius 2 is 1.76 bits per heavy atom. The molecule has 0 aliphatic carbocycles. The van der Waals surface area contributed by atoms with E-state index in [0.29, 0.717) is 18.1 Å². The molecule has 21 heavy (non-hydrogen) atoms. The zero-order chi connectivity index (χ0) is 14.7. The van der Waals surface area contributed by atoms with Gasteiger partial charge in [-0.05, 0) is 36.2 Å². The topological polar surface area (TPSA) is 52.0 Å². The van der Waals surface area contributed by atoms with Crippen molar-refractivity contribution < 1.29 is 8.81 Å². The molecule has 0 aliphatic rings. The SMILES string of the molecule is NC(Cc1ccccc1)c1ncc(-c2ccc(F)cc2)o1. The van der Waals surface area contributed by atoms with Gasteiger partial charge in [0.1, 0.15) is 5.82 Å². The molecule has 0 amide bonds. The first-order valence-electron chi connectivity index (χ1n) is 6.73. The smallest absolute Gasteiger partial charge is 0.212 e. The second-order valence-corrected chi connectivity index (χ2v) is 4.87. The van der Waals surface area contributed by atoms with Crippen LogP contribution in [0.5, 0.6) is 0 Å². The van der Waals surface area contributed by atoms with Gasteiger partial charge in [0.05, 0.1) is 12.2 Å². The number of nitrogens with zero attached hydrogens (tertiary/aromatic N) is 1. The van der Waals surface area contributed by atoms with Gasteiger partial charge in [0.25, 0.3) is 0 Å². The largest absolute Gasteiger partial charge is 0.439 e. The van der Waals surface area contributed by atoms with Gasteiger partial charge in [0.2, 0.25) is 5.89 Å². The molecule has 2 aromatic carbocycles. The molecule has 0 aliphatic heterocycles. The minimum Gasteiger partial charge on any atom is -0.439 e. The molecule has 1 aromatic heterocycles. The fourth-order valence-electron chi connectivity index (χ4n) is 2.16. The molecule has 2 N–H and O–H groups in total. The van der Waals surface area contributed by atoms with E-state index in [-0.39, 0.29) is 11.9 Å². The summed E-state index contributed by atoms with van der Waals surface area (Å²) in [4.78, 5) is 4.23. The molecule has 0 saturated heterocycles. The molecule has 3 aromatic rings. The first-order valence-corrected chi connectivity index (χ1v) is 6.73. The number of rotatable bonds is 4. The van der Waals surface area contributed by atoms with Gasteiger partial charge < -0.3 is 10.2 Å². The van der Waals surface area contributed by atoms with Crippen LogP contribution in [0.1, 0.15) is 17.5 Å². The van der Waals surface area contributed by atoms with E-state index in [1.807, 2.05) is 30.3 Å². The molecular weight excluding hydrogens is 267 g/mol. The van der Waals surface area contributed by atoms with Crippen LogP contribution in [-0.4, -0.2) is 4.98 Å². The Bertz CT molecular complexity index is 707. The summed E-state index contributed by atoms with van der Waals surface area (Å²) < 4.78 is 18.6. The van der Waals surface area contributed by atoms with Gasteiger partial charge in [0, 0.05) is 5.56 Å². The summed E-state index contributed by atoms with van der Waals surface area (Å²) in [5.41, 5.74) is 8.04. The summed E-state index contributed by atoms with van der Waals surface area (Å²) in [6, 6.07) is 15.7. The molecule has 1 atom stereocenters. The van der Waals surface area contributed by atoms with Crippen LogP contribution < -0.4 is 5.73 Å². The third-order valence-electron chi connectivity index (χ3n) is 3.27. The summed E-state index contributed by atoms with van der Waals surface area (Å²) in [5.74, 6) is 0.797. The average Bonchev–Trinajstić information content (AvgIpc) is 2.99. The summed E-state index contributed by atoms with van der Waals surface area (Å²) in [5, 5.41) is 0. The maximum Gasteiger partial charge on any atom is 0.212 e. The number of hydrogen-bond acceptors (Lipinski definition) is 3. The second-order valence-electron chi connectivity index (χ2n) is 4.87. The molecule has 0 radical (unpaired) electrons. The van der Waals surface area contributed by atoms with Crippen LogP contribution in [0.2, 0.25) is 0 Å². The van der Waals surface area contributed by atoms with E-state index >= 15 is 0 Å². The van der Waals surface area contributed by atoms with E-state index in [2.05, 4.69) is 4.98 Å². The van der Waals surface area contributed by atoms with Crippen LogP contribution in [0.4, 0.5) is 4.39 Å². The van der Waals surface area contributed by atoms with Crippen LogP contribution >= 0.6 is 0 Å². The fourth-order valence-corrected chi connectivity index (χ4v) is 2.16. The Labute approximate surface area is 122 Å². The van der Waals surface area contributed by atoms with Gasteiger partial charge in [-0.2, -0.15) is 0 Å². The number of nitrogens with two attached hydrogens (primary N) is 1. The molecule has 0 bridgehead atoms. The lowest BCUT2D eigenvalue weighted by molar-refractivity contribution is 0.457. The number of aromatic nitrogens is 1. The molecule has 0 saturated carbocycles. The van der Waals surface area contributed by atoms with E-state index in [4.69, 9.17) is 10.2 Å². The van der Waals surface area contributed by atoms with E-state index in [0.717, 1.165) is 11.1 Å². The van der Waals surface area contributed by atoms with Crippen molar-refractivity contribution in [2.45, 2.75) is 12.5 Å². The van der Waals surface area contributed by atoms with Crippen molar-refractivity contribution in [3.63, 3.8) is 0 Å². The molecular formula is C17H15FN2O. The second kappa shape index (κ2) is 5.89. The Morgan fingerprint density at radius 3 is 2.48 bits per heavy atom. The number of hydrogen-bond donors (Lipinski definition) is 1.